The summed E-state index contributed by atoms with van der Waals surface area (Å²) in [5.74, 6) is 1.40. The van der Waals surface area contributed by atoms with Crippen molar-refractivity contribution >= 4 is 17.7 Å². The Morgan fingerprint density at radius 2 is 1.94 bits per heavy atom. The summed E-state index contributed by atoms with van der Waals surface area (Å²) >= 11 is 1.32. The molecule has 8 heteroatoms. The molecule has 0 radical (unpaired) electrons. The number of methoxy groups -OCH3 is 2. The number of hydrogen-bond donors (Lipinski definition) is 1. The molecule has 1 amide bonds. The Morgan fingerprint density at radius 3 is 2.56 bits per heavy atom. The van der Waals surface area contributed by atoms with Gasteiger partial charge in [-0.05, 0) is 36.8 Å². The topological polar surface area (TPSA) is 92.0 Å². The standard InChI is InChI=1S/C24H24N2O5S/c1-4-31-20-10-5-15(11-21(20)30-3)18-12-22(27)26-23(19(18)13-25)32-14-24(26,28)16-6-8-17(29-2)9-7-16/h5-11,18,28H,4,12,14H2,1-3H3/t18-,24+/m1/s1. The third-order valence-electron chi connectivity index (χ3n) is 5.75. The summed E-state index contributed by atoms with van der Waals surface area (Å²) in [6.07, 6.45) is 0.0720. The Balaban J connectivity index is 1.74. The average Bonchev–Trinajstić information content (AvgIpc) is 3.18. The summed E-state index contributed by atoms with van der Waals surface area (Å²) in [7, 11) is 3.13. The molecule has 2 heterocycles. The van der Waals surface area contributed by atoms with Gasteiger partial charge in [-0.3, -0.25) is 9.69 Å². The summed E-state index contributed by atoms with van der Waals surface area (Å²) in [4.78, 5) is 14.7. The highest BCUT2D eigenvalue weighted by atomic mass is 32.2. The number of fused-ring (bicyclic) bond motifs is 1. The first-order valence-corrected chi connectivity index (χ1v) is 11.2. The Bertz CT molecular complexity index is 1110. The van der Waals surface area contributed by atoms with E-state index in [1.165, 1.54) is 16.7 Å². The van der Waals surface area contributed by atoms with Crippen LogP contribution >= 0.6 is 11.8 Å². The number of nitrogens with zero attached hydrogens (tertiary/aromatic N) is 2. The van der Waals surface area contributed by atoms with Crippen molar-refractivity contribution in [3.8, 4) is 23.3 Å². The highest BCUT2D eigenvalue weighted by Gasteiger charge is 2.51. The first-order valence-electron chi connectivity index (χ1n) is 10.2. The number of nitriles is 1. The lowest BCUT2D eigenvalue weighted by molar-refractivity contribution is -0.149. The van der Waals surface area contributed by atoms with Crippen LogP contribution in [0.15, 0.2) is 53.1 Å². The van der Waals surface area contributed by atoms with Crippen LogP contribution in [0.1, 0.15) is 30.4 Å². The number of aliphatic hydroxyl groups is 1. The predicted molar refractivity (Wildman–Crippen MR) is 120 cm³/mol. The fourth-order valence-corrected chi connectivity index (χ4v) is 5.52. The number of allylic oxidation sites excluding steroid dienone is 1. The molecular formula is C24H24N2O5S. The summed E-state index contributed by atoms with van der Waals surface area (Å²) in [6.45, 7) is 2.39. The highest BCUT2D eigenvalue weighted by Crippen LogP contribution is 2.52. The summed E-state index contributed by atoms with van der Waals surface area (Å²) in [6, 6.07) is 14.7. The molecule has 2 atom stereocenters. The van der Waals surface area contributed by atoms with E-state index in [0.29, 0.717) is 40.0 Å². The number of thioether (sulfide) groups is 1. The van der Waals surface area contributed by atoms with Gasteiger partial charge >= 0.3 is 0 Å². The van der Waals surface area contributed by atoms with Crippen LogP contribution in [-0.2, 0) is 10.5 Å². The van der Waals surface area contributed by atoms with Crippen molar-refractivity contribution in [2.24, 2.45) is 0 Å². The quantitative estimate of drug-likeness (QED) is 0.714. The second-order valence-electron chi connectivity index (χ2n) is 7.49. The number of benzene rings is 2. The Labute approximate surface area is 191 Å². The van der Waals surface area contributed by atoms with Crippen molar-refractivity contribution < 1.29 is 24.1 Å². The zero-order valence-electron chi connectivity index (χ0n) is 18.1. The van der Waals surface area contributed by atoms with Gasteiger partial charge in [0.1, 0.15) is 5.75 Å². The second kappa shape index (κ2) is 8.77. The molecule has 0 bridgehead atoms. The summed E-state index contributed by atoms with van der Waals surface area (Å²) in [5, 5.41) is 22.0. The van der Waals surface area contributed by atoms with Gasteiger partial charge in [-0.1, -0.05) is 18.2 Å². The normalized spacial score (nSPS) is 22.4. The molecule has 0 saturated carbocycles. The van der Waals surface area contributed by atoms with Gasteiger partial charge in [0.05, 0.1) is 43.3 Å². The van der Waals surface area contributed by atoms with Gasteiger partial charge < -0.3 is 19.3 Å². The van der Waals surface area contributed by atoms with Crippen LogP contribution in [0.5, 0.6) is 17.2 Å². The van der Waals surface area contributed by atoms with Crippen molar-refractivity contribution in [1.82, 2.24) is 4.90 Å². The summed E-state index contributed by atoms with van der Waals surface area (Å²) < 4.78 is 16.2. The molecule has 0 aliphatic carbocycles. The van der Waals surface area contributed by atoms with Crippen LogP contribution < -0.4 is 14.2 Å². The van der Waals surface area contributed by atoms with E-state index in [4.69, 9.17) is 14.2 Å². The molecule has 2 aromatic rings. The van der Waals surface area contributed by atoms with Gasteiger partial charge in [0.2, 0.25) is 5.91 Å². The molecule has 0 unspecified atom stereocenters. The van der Waals surface area contributed by atoms with Crippen LogP contribution in [0.3, 0.4) is 0 Å². The van der Waals surface area contributed by atoms with Crippen LogP contribution in [0.2, 0.25) is 0 Å². The molecule has 2 aliphatic heterocycles. The maximum Gasteiger partial charge on any atom is 0.231 e. The first-order chi connectivity index (χ1) is 15.5. The summed E-state index contributed by atoms with van der Waals surface area (Å²) in [5.41, 5.74) is 0.313. The van der Waals surface area contributed by atoms with Crippen molar-refractivity contribution in [2.45, 2.75) is 25.0 Å². The maximum atomic E-state index is 13.3. The van der Waals surface area contributed by atoms with Crippen molar-refractivity contribution in [2.75, 3.05) is 26.6 Å². The van der Waals surface area contributed by atoms with E-state index in [2.05, 4.69) is 6.07 Å². The number of rotatable bonds is 6. The maximum absolute atomic E-state index is 13.3. The van der Waals surface area contributed by atoms with Gasteiger partial charge in [0.15, 0.2) is 17.2 Å². The molecular weight excluding hydrogens is 428 g/mol. The second-order valence-corrected chi connectivity index (χ2v) is 8.46. The number of ether oxygens (including phenoxy) is 3. The molecule has 0 aromatic heterocycles. The van der Waals surface area contributed by atoms with Gasteiger partial charge in [0, 0.05) is 17.9 Å². The Kier molecular flexibility index (Phi) is 6.04. The number of carbonyl (C=O) groups excluding carboxylic acids is 1. The number of carbonyl (C=O) groups is 1. The monoisotopic (exact) mass is 452 g/mol. The number of hydrogen-bond acceptors (Lipinski definition) is 7. The van der Waals surface area contributed by atoms with Gasteiger partial charge in [-0.25, -0.2) is 0 Å². The molecule has 32 heavy (non-hydrogen) atoms. The fourth-order valence-electron chi connectivity index (χ4n) is 4.16. The minimum atomic E-state index is -1.52. The third kappa shape index (κ3) is 3.57. The lowest BCUT2D eigenvalue weighted by atomic mass is 9.85. The zero-order valence-corrected chi connectivity index (χ0v) is 18.9. The fraction of sp³-hybridized carbons (Fsp3) is 0.333. The van der Waals surface area contributed by atoms with Crippen LogP contribution in [0.4, 0.5) is 0 Å². The highest BCUT2D eigenvalue weighted by molar-refractivity contribution is 8.03. The zero-order chi connectivity index (χ0) is 22.9. The van der Waals surface area contributed by atoms with Crippen LogP contribution in [0.25, 0.3) is 0 Å². The molecule has 4 rings (SSSR count). The van der Waals surface area contributed by atoms with Crippen LogP contribution in [-0.4, -0.2) is 42.5 Å². The molecule has 0 spiro atoms. The minimum Gasteiger partial charge on any atom is -0.497 e. The average molecular weight is 453 g/mol. The largest absolute Gasteiger partial charge is 0.497 e. The first kappa shape index (κ1) is 22.1. The third-order valence-corrected chi connectivity index (χ3v) is 6.98. The SMILES string of the molecule is CCOc1ccc([C@H]2CC(=O)N3C(=C2C#N)SC[C@]3(O)c2ccc(OC)cc2)cc1OC. The van der Waals surface area contributed by atoms with Gasteiger partial charge in [0.25, 0.3) is 0 Å². The Morgan fingerprint density at radius 1 is 1.19 bits per heavy atom. The molecule has 1 saturated heterocycles. The molecule has 166 valence electrons. The lowest BCUT2D eigenvalue weighted by Gasteiger charge is -2.38. The van der Waals surface area contributed by atoms with E-state index in [1.807, 2.05) is 19.1 Å². The smallest absolute Gasteiger partial charge is 0.231 e. The van der Waals surface area contributed by atoms with Crippen molar-refractivity contribution in [3.05, 3.63) is 64.2 Å². The minimum absolute atomic E-state index is 0.0720. The number of amides is 1. The van der Waals surface area contributed by atoms with E-state index in [9.17, 15) is 15.2 Å². The van der Waals surface area contributed by atoms with Gasteiger partial charge in [-0.2, -0.15) is 5.26 Å². The van der Waals surface area contributed by atoms with E-state index < -0.39 is 11.6 Å². The van der Waals surface area contributed by atoms with E-state index in [1.54, 1.807) is 44.6 Å². The Hall–Kier alpha value is -3.15. The lowest BCUT2D eigenvalue weighted by Crippen LogP contribution is -2.48. The molecule has 1 N–H and O–H groups in total. The van der Waals surface area contributed by atoms with Crippen molar-refractivity contribution in [3.63, 3.8) is 0 Å². The van der Waals surface area contributed by atoms with Crippen LogP contribution in [0, 0.1) is 11.3 Å². The van der Waals surface area contributed by atoms with E-state index in [-0.39, 0.29) is 18.1 Å². The van der Waals surface area contributed by atoms with Crippen molar-refractivity contribution in [1.29, 1.82) is 5.26 Å². The van der Waals surface area contributed by atoms with E-state index in [0.717, 1.165) is 5.56 Å². The van der Waals surface area contributed by atoms with Gasteiger partial charge in [-0.15, -0.1) is 11.8 Å². The molecule has 2 aromatic carbocycles. The predicted octanol–water partition coefficient (Wildman–Crippen LogP) is 3.75. The molecule has 2 aliphatic rings. The molecule has 1 fully saturated rings. The molecule has 7 nitrogen and oxygen atoms in total. The van der Waals surface area contributed by atoms with E-state index >= 15 is 0 Å².